The lowest BCUT2D eigenvalue weighted by Gasteiger charge is -2.14. The lowest BCUT2D eigenvalue weighted by molar-refractivity contribution is -0.673. The maximum Gasteiger partial charge on any atom is 0.204 e. The predicted octanol–water partition coefficient (Wildman–Crippen LogP) is 2.68. The van der Waals surface area contributed by atoms with Crippen LogP contribution in [0.25, 0.3) is 12.2 Å². The average Bonchev–Trinajstić information content (AvgIpc) is 2.55. The molecule has 0 aliphatic heterocycles. The van der Waals surface area contributed by atoms with E-state index in [-0.39, 0.29) is 6.29 Å². The molecule has 2 aromatic rings. The minimum atomic E-state index is -0.359. The van der Waals surface area contributed by atoms with Crippen LogP contribution in [-0.2, 0) is 16.5 Å². The SMILES string of the molecule is COC(COc1cccc(/C=C/c2cccc[n+]2C)c1)OC. The molecule has 4 heteroatoms. The van der Waals surface area contributed by atoms with E-state index in [1.807, 2.05) is 49.6 Å². The molecular weight excluding hydrogens is 278 g/mol. The fourth-order valence-electron chi connectivity index (χ4n) is 2.00. The molecule has 4 nitrogen and oxygen atoms in total. The van der Waals surface area contributed by atoms with Crippen molar-refractivity contribution < 1.29 is 18.8 Å². The molecule has 22 heavy (non-hydrogen) atoms. The molecule has 0 spiro atoms. The van der Waals surface area contributed by atoms with Gasteiger partial charge in [-0.3, -0.25) is 0 Å². The molecule has 0 atom stereocenters. The first kappa shape index (κ1) is 16.2. The first-order valence-electron chi connectivity index (χ1n) is 7.14. The van der Waals surface area contributed by atoms with Gasteiger partial charge in [0, 0.05) is 32.4 Å². The van der Waals surface area contributed by atoms with E-state index in [1.54, 1.807) is 14.2 Å². The van der Waals surface area contributed by atoms with Crippen molar-refractivity contribution in [3.8, 4) is 5.75 Å². The Kier molecular flexibility index (Phi) is 6.13. The highest BCUT2D eigenvalue weighted by Crippen LogP contribution is 2.16. The summed E-state index contributed by atoms with van der Waals surface area (Å²) in [5.41, 5.74) is 2.21. The lowest BCUT2D eigenvalue weighted by Crippen LogP contribution is -2.30. The largest absolute Gasteiger partial charge is 0.488 e. The molecule has 0 fully saturated rings. The zero-order valence-corrected chi connectivity index (χ0v) is 13.2. The van der Waals surface area contributed by atoms with Crippen molar-refractivity contribution in [2.24, 2.45) is 7.05 Å². The van der Waals surface area contributed by atoms with Crippen molar-refractivity contribution in [1.29, 1.82) is 0 Å². The van der Waals surface area contributed by atoms with Crippen molar-refractivity contribution in [2.75, 3.05) is 20.8 Å². The number of ether oxygens (including phenoxy) is 3. The van der Waals surface area contributed by atoms with Gasteiger partial charge in [-0.05, 0) is 29.8 Å². The van der Waals surface area contributed by atoms with Crippen LogP contribution in [0.3, 0.4) is 0 Å². The number of pyridine rings is 1. The monoisotopic (exact) mass is 300 g/mol. The van der Waals surface area contributed by atoms with Crippen molar-refractivity contribution in [3.63, 3.8) is 0 Å². The number of rotatable bonds is 7. The van der Waals surface area contributed by atoms with Gasteiger partial charge >= 0.3 is 0 Å². The second-order valence-corrected chi connectivity index (χ2v) is 4.85. The Morgan fingerprint density at radius 3 is 2.59 bits per heavy atom. The van der Waals surface area contributed by atoms with Crippen LogP contribution in [0.1, 0.15) is 11.3 Å². The average molecular weight is 300 g/mol. The highest BCUT2D eigenvalue weighted by molar-refractivity contribution is 5.67. The Morgan fingerprint density at radius 1 is 1.05 bits per heavy atom. The van der Waals surface area contributed by atoms with Gasteiger partial charge in [0.1, 0.15) is 19.4 Å². The van der Waals surface area contributed by atoms with Gasteiger partial charge in [0.05, 0.1) is 0 Å². The number of nitrogens with zero attached hydrogens (tertiary/aromatic N) is 1. The fraction of sp³-hybridized carbons (Fsp3) is 0.278. The predicted molar refractivity (Wildman–Crippen MR) is 86.3 cm³/mol. The third-order valence-corrected chi connectivity index (χ3v) is 3.31. The van der Waals surface area contributed by atoms with E-state index in [2.05, 4.69) is 22.8 Å². The van der Waals surface area contributed by atoms with Crippen LogP contribution >= 0.6 is 0 Å². The summed E-state index contributed by atoms with van der Waals surface area (Å²) in [6.07, 6.45) is 5.80. The molecule has 0 unspecified atom stereocenters. The smallest absolute Gasteiger partial charge is 0.204 e. The molecule has 1 heterocycles. The zero-order valence-electron chi connectivity index (χ0n) is 13.2. The van der Waals surface area contributed by atoms with Gasteiger partial charge in [-0.25, -0.2) is 4.57 Å². The van der Waals surface area contributed by atoms with Crippen LogP contribution < -0.4 is 9.30 Å². The number of methoxy groups -OCH3 is 2. The molecule has 1 aromatic carbocycles. The molecular formula is C18H22NO3+. The molecule has 0 bridgehead atoms. The summed E-state index contributed by atoms with van der Waals surface area (Å²) >= 11 is 0. The Labute approximate surface area is 131 Å². The highest BCUT2D eigenvalue weighted by Gasteiger charge is 2.06. The van der Waals surface area contributed by atoms with Gasteiger partial charge in [-0.1, -0.05) is 12.1 Å². The summed E-state index contributed by atoms with van der Waals surface area (Å²) in [6.45, 7) is 0.355. The van der Waals surface area contributed by atoms with E-state index < -0.39 is 0 Å². The summed E-state index contributed by atoms with van der Waals surface area (Å²) in [6, 6.07) is 14.0. The molecule has 0 N–H and O–H groups in total. The normalized spacial score (nSPS) is 11.3. The summed E-state index contributed by atoms with van der Waals surface area (Å²) < 4.78 is 18.0. The summed E-state index contributed by atoms with van der Waals surface area (Å²) in [5.74, 6) is 0.790. The second-order valence-electron chi connectivity index (χ2n) is 4.85. The number of hydrogen-bond donors (Lipinski definition) is 0. The number of aromatic nitrogens is 1. The van der Waals surface area contributed by atoms with Crippen LogP contribution in [0.4, 0.5) is 0 Å². The number of hydrogen-bond acceptors (Lipinski definition) is 3. The van der Waals surface area contributed by atoms with E-state index in [1.165, 1.54) is 0 Å². The van der Waals surface area contributed by atoms with Crippen molar-refractivity contribution in [1.82, 2.24) is 0 Å². The van der Waals surface area contributed by atoms with Crippen LogP contribution in [0.2, 0.25) is 0 Å². The molecule has 0 saturated carbocycles. The summed E-state index contributed by atoms with van der Waals surface area (Å²) in [4.78, 5) is 0. The third kappa shape index (κ3) is 4.69. The molecule has 116 valence electrons. The van der Waals surface area contributed by atoms with Gasteiger partial charge < -0.3 is 14.2 Å². The van der Waals surface area contributed by atoms with E-state index >= 15 is 0 Å². The molecule has 1 aromatic heterocycles. The van der Waals surface area contributed by atoms with Gasteiger partial charge in [0.15, 0.2) is 12.5 Å². The first-order chi connectivity index (χ1) is 10.7. The molecule has 0 aliphatic rings. The Morgan fingerprint density at radius 2 is 1.86 bits per heavy atom. The summed E-state index contributed by atoms with van der Waals surface area (Å²) in [7, 11) is 5.21. The number of benzene rings is 1. The van der Waals surface area contributed by atoms with Crippen LogP contribution in [0, 0.1) is 0 Å². The summed E-state index contributed by atoms with van der Waals surface area (Å²) in [5, 5.41) is 0. The minimum absolute atomic E-state index is 0.355. The Balaban J connectivity index is 2.04. The standard InChI is InChI=1S/C18H22NO3/c1-19-12-5-4-8-16(19)11-10-15-7-6-9-17(13-15)22-14-18(20-2)21-3/h4-13,18H,14H2,1-3H3/q+1/b11-10+. The Bertz CT molecular complexity index is 621. The number of aryl methyl sites for hydroxylation is 1. The van der Waals surface area contributed by atoms with E-state index in [9.17, 15) is 0 Å². The van der Waals surface area contributed by atoms with E-state index in [4.69, 9.17) is 14.2 Å². The zero-order chi connectivity index (χ0) is 15.8. The Hall–Kier alpha value is -2.17. The first-order valence-corrected chi connectivity index (χ1v) is 7.14. The van der Waals surface area contributed by atoms with Gasteiger partial charge in [-0.2, -0.15) is 0 Å². The van der Waals surface area contributed by atoms with Gasteiger partial charge in [-0.15, -0.1) is 0 Å². The van der Waals surface area contributed by atoms with Crippen molar-refractivity contribution in [3.05, 3.63) is 59.9 Å². The molecule has 0 amide bonds. The minimum Gasteiger partial charge on any atom is -0.488 e. The topological polar surface area (TPSA) is 31.6 Å². The molecule has 0 aliphatic carbocycles. The van der Waals surface area contributed by atoms with Crippen molar-refractivity contribution >= 4 is 12.2 Å². The highest BCUT2D eigenvalue weighted by atomic mass is 16.7. The molecule has 0 saturated heterocycles. The lowest BCUT2D eigenvalue weighted by atomic mass is 10.2. The van der Waals surface area contributed by atoms with Crippen LogP contribution in [0.5, 0.6) is 5.75 Å². The van der Waals surface area contributed by atoms with Crippen molar-refractivity contribution in [2.45, 2.75) is 6.29 Å². The van der Waals surface area contributed by atoms with Crippen LogP contribution in [-0.4, -0.2) is 27.1 Å². The quantitative estimate of drug-likeness (QED) is 0.582. The van der Waals surface area contributed by atoms with Gasteiger partial charge in [0.2, 0.25) is 5.69 Å². The van der Waals surface area contributed by atoms with E-state index in [0.717, 1.165) is 17.0 Å². The van der Waals surface area contributed by atoms with Gasteiger partial charge in [0.25, 0.3) is 0 Å². The second kappa shape index (κ2) is 8.32. The molecule has 0 radical (unpaired) electrons. The van der Waals surface area contributed by atoms with E-state index in [0.29, 0.717) is 6.61 Å². The van der Waals surface area contributed by atoms with Crippen LogP contribution in [0.15, 0.2) is 48.7 Å². The maximum atomic E-state index is 5.68. The molecule has 2 rings (SSSR count). The fourth-order valence-corrected chi connectivity index (χ4v) is 2.00. The third-order valence-electron chi connectivity index (χ3n) is 3.31. The maximum absolute atomic E-state index is 5.68.